The van der Waals surface area contributed by atoms with Gasteiger partial charge in [0.1, 0.15) is 21.5 Å². The van der Waals surface area contributed by atoms with Gasteiger partial charge >= 0.3 is 0 Å². The zero-order chi connectivity index (χ0) is 15.6. The van der Waals surface area contributed by atoms with E-state index in [9.17, 15) is 10.1 Å². The van der Waals surface area contributed by atoms with Crippen molar-refractivity contribution in [1.82, 2.24) is 4.90 Å². The van der Waals surface area contributed by atoms with Crippen LogP contribution in [0, 0.1) is 17.2 Å². The van der Waals surface area contributed by atoms with Gasteiger partial charge in [-0.15, -0.1) is 11.3 Å². The van der Waals surface area contributed by atoms with E-state index < -0.39 is 0 Å². The normalized spacial score (nSPS) is 15.8. The Hall–Kier alpha value is -1.74. The molecule has 0 atom stereocenters. The molecular formula is C15H22N4OS. The Labute approximate surface area is 129 Å². The Bertz CT molecular complexity index is 565. The number of thiophene rings is 1. The minimum atomic E-state index is -0.135. The molecule has 2 N–H and O–H groups in total. The quantitative estimate of drug-likeness (QED) is 0.931. The molecular weight excluding hydrogens is 284 g/mol. The fourth-order valence-corrected chi connectivity index (χ4v) is 3.91. The van der Waals surface area contributed by atoms with E-state index in [4.69, 9.17) is 5.73 Å². The van der Waals surface area contributed by atoms with Crippen LogP contribution in [0.4, 0.5) is 10.7 Å². The van der Waals surface area contributed by atoms with Crippen molar-refractivity contribution in [3.05, 3.63) is 10.4 Å². The standard InChI is InChI=1S/C15H22N4OS/c1-4-10-5-7-19(8-6-10)15-11(9-16)12(17)13(21-15)14(20)18(2)3/h10H,4-8,17H2,1-3H3. The zero-order valence-electron chi connectivity index (χ0n) is 12.8. The van der Waals surface area contributed by atoms with E-state index in [1.165, 1.54) is 22.7 Å². The molecule has 1 aliphatic heterocycles. The molecule has 0 radical (unpaired) electrons. The lowest BCUT2D eigenvalue weighted by molar-refractivity contribution is 0.0833. The highest BCUT2D eigenvalue weighted by Crippen LogP contribution is 2.40. The van der Waals surface area contributed by atoms with Crippen LogP contribution in [0.5, 0.6) is 0 Å². The number of hydrogen-bond acceptors (Lipinski definition) is 5. The van der Waals surface area contributed by atoms with E-state index in [1.54, 1.807) is 14.1 Å². The summed E-state index contributed by atoms with van der Waals surface area (Å²) in [5.41, 5.74) is 6.81. The minimum absolute atomic E-state index is 0.135. The minimum Gasteiger partial charge on any atom is -0.396 e. The van der Waals surface area contributed by atoms with Gasteiger partial charge in [-0.25, -0.2) is 0 Å². The van der Waals surface area contributed by atoms with Crippen LogP contribution in [0.3, 0.4) is 0 Å². The molecule has 1 fully saturated rings. The number of nitrogens with zero attached hydrogens (tertiary/aromatic N) is 3. The average Bonchev–Trinajstić information content (AvgIpc) is 2.83. The molecule has 0 unspecified atom stereocenters. The number of rotatable bonds is 3. The van der Waals surface area contributed by atoms with Crippen molar-refractivity contribution in [3.63, 3.8) is 0 Å². The lowest BCUT2D eigenvalue weighted by atomic mass is 9.94. The molecule has 21 heavy (non-hydrogen) atoms. The number of carbonyl (C=O) groups excluding carboxylic acids is 1. The molecule has 1 aromatic heterocycles. The van der Waals surface area contributed by atoms with Gasteiger partial charge in [0.25, 0.3) is 5.91 Å². The Morgan fingerprint density at radius 1 is 1.48 bits per heavy atom. The highest BCUT2D eigenvalue weighted by molar-refractivity contribution is 7.19. The second-order valence-corrected chi connectivity index (χ2v) is 6.67. The lowest BCUT2D eigenvalue weighted by Crippen LogP contribution is -2.33. The van der Waals surface area contributed by atoms with Gasteiger partial charge in [-0.1, -0.05) is 13.3 Å². The topological polar surface area (TPSA) is 73.4 Å². The third-order valence-corrected chi connectivity index (χ3v) is 5.37. The molecule has 0 aliphatic carbocycles. The fraction of sp³-hybridized carbons (Fsp3) is 0.600. The van der Waals surface area contributed by atoms with Crippen molar-refractivity contribution >= 4 is 27.9 Å². The monoisotopic (exact) mass is 306 g/mol. The molecule has 1 amide bonds. The zero-order valence-corrected chi connectivity index (χ0v) is 13.7. The predicted molar refractivity (Wildman–Crippen MR) is 86.7 cm³/mol. The first kappa shape index (κ1) is 15.6. The van der Waals surface area contributed by atoms with Crippen molar-refractivity contribution in [2.45, 2.75) is 26.2 Å². The summed E-state index contributed by atoms with van der Waals surface area (Å²) in [5, 5.41) is 10.2. The van der Waals surface area contributed by atoms with Crippen molar-refractivity contribution in [2.75, 3.05) is 37.8 Å². The van der Waals surface area contributed by atoms with Gasteiger partial charge in [0.2, 0.25) is 0 Å². The molecule has 1 aliphatic rings. The van der Waals surface area contributed by atoms with E-state index >= 15 is 0 Å². The number of amides is 1. The molecule has 1 aromatic rings. The molecule has 0 bridgehead atoms. The number of nitrogens with two attached hydrogens (primary N) is 1. The molecule has 1 saturated heterocycles. The first-order valence-electron chi connectivity index (χ1n) is 7.28. The van der Waals surface area contributed by atoms with Gasteiger partial charge in [0, 0.05) is 27.2 Å². The summed E-state index contributed by atoms with van der Waals surface area (Å²) < 4.78 is 0. The van der Waals surface area contributed by atoms with Crippen LogP contribution in [-0.2, 0) is 0 Å². The highest BCUT2D eigenvalue weighted by Gasteiger charge is 2.27. The number of anilines is 2. The Morgan fingerprint density at radius 3 is 2.57 bits per heavy atom. The Morgan fingerprint density at radius 2 is 2.10 bits per heavy atom. The summed E-state index contributed by atoms with van der Waals surface area (Å²) in [6.07, 6.45) is 3.47. The first-order chi connectivity index (χ1) is 9.99. The number of carbonyl (C=O) groups is 1. The van der Waals surface area contributed by atoms with Crippen LogP contribution in [-0.4, -0.2) is 38.0 Å². The largest absolute Gasteiger partial charge is 0.396 e. The molecule has 2 rings (SSSR count). The van der Waals surface area contributed by atoms with E-state index in [1.807, 2.05) is 0 Å². The summed E-state index contributed by atoms with van der Waals surface area (Å²) in [6, 6.07) is 2.17. The third-order valence-electron chi connectivity index (χ3n) is 4.12. The van der Waals surface area contributed by atoms with Crippen LogP contribution in [0.1, 0.15) is 41.4 Å². The lowest BCUT2D eigenvalue weighted by Gasteiger charge is -2.32. The van der Waals surface area contributed by atoms with E-state index in [-0.39, 0.29) is 5.91 Å². The van der Waals surface area contributed by atoms with Crippen molar-refractivity contribution in [1.29, 1.82) is 5.26 Å². The second kappa shape index (κ2) is 6.35. The van der Waals surface area contributed by atoms with Gasteiger partial charge in [0.05, 0.1) is 5.69 Å². The van der Waals surface area contributed by atoms with Crippen LogP contribution >= 0.6 is 11.3 Å². The molecule has 0 aromatic carbocycles. The molecule has 2 heterocycles. The number of piperidine rings is 1. The molecule has 6 heteroatoms. The van der Waals surface area contributed by atoms with Crippen molar-refractivity contribution in [3.8, 4) is 6.07 Å². The summed E-state index contributed by atoms with van der Waals surface area (Å²) in [7, 11) is 3.39. The average molecular weight is 306 g/mol. The maximum Gasteiger partial charge on any atom is 0.265 e. The van der Waals surface area contributed by atoms with E-state index in [2.05, 4.69) is 17.9 Å². The van der Waals surface area contributed by atoms with Crippen LogP contribution in [0.15, 0.2) is 0 Å². The maximum atomic E-state index is 12.2. The molecule has 114 valence electrons. The molecule has 5 nitrogen and oxygen atoms in total. The van der Waals surface area contributed by atoms with Gasteiger partial charge in [-0.2, -0.15) is 5.26 Å². The highest BCUT2D eigenvalue weighted by atomic mass is 32.1. The smallest absolute Gasteiger partial charge is 0.265 e. The van der Waals surface area contributed by atoms with E-state index in [0.717, 1.165) is 36.9 Å². The fourth-order valence-electron chi connectivity index (χ4n) is 2.67. The Kier molecular flexibility index (Phi) is 4.73. The summed E-state index contributed by atoms with van der Waals surface area (Å²) in [4.78, 5) is 16.3. The van der Waals surface area contributed by atoms with Crippen LogP contribution in [0.25, 0.3) is 0 Å². The van der Waals surface area contributed by atoms with Gasteiger partial charge < -0.3 is 15.5 Å². The number of nitrogen functional groups attached to an aromatic ring is 1. The van der Waals surface area contributed by atoms with Crippen LogP contribution < -0.4 is 10.6 Å². The van der Waals surface area contributed by atoms with Crippen molar-refractivity contribution < 1.29 is 4.79 Å². The summed E-state index contributed by atoms with van der Waals surface area (Å²) in [6.45, 7) is 4.09. The Balaban J connectivity index is 2.30. The predicted octanol–water partition coefficient (Wildman–Crippen LogP) is 2.53. The van der Waals surface area contributed by atoms with E-state index in [0.29, 0.717) is 16.1 Å². The van der Waals surface area contributed by atoms with Crippen LogP contribution in [0.2, 0.25) is 0 Å². The van der Waals surface area contributed by atoms with Gasteiger partial charge in [-0.3, -0.25) is 4.79 Å². The number of hydrogen-bond donors (Lipinski definition) is 1. The molecule has 0 saturated carbocycles. The summed E-state index contributed by atoms with van der Waals surface area (Å²) >= 11 is 1.35. The first-order valence-corrected chi connectivity index (χ1v) is 8.10. The van der Waals surface area contributed by atoms with Crippen molar-refractivity contribution in [2.24, 2.45) is 5.92 Å². The second-order valence-electron chi connectivity index (χ2n) is 5.68. The van der Waals surface area contributed by atoms with Gasteiger partial charge in [0.15, 0.2) is 0 Å². The maximum absolute atomic E-state index is 12.2. The third kappa shape index (κ3) is 2.98. The molecule has 0 spiro atoms. The SMILES string of the molecule is CCC1CCN(c2sc(C(=O)N(C)C)c(N)c2C#N)CC1. The van der Waals surface area contributed by atoms with Gasteiger partial charge in [-0.05, 0) is 18.8 Å². The summed E-state index contributed by atoms with van der Waals surface area (Å²) in [5.74, 6) is 0.635. The number of nitriles is 1.